The number of nitrogen functional groups attached to an aromatic ring is 1. The predicted molar refractivity (Wildman–Crippen MR) is 80.1 cm³/mol. The smallest absolute Gasteiger partial charge is 0.223 e. The maximum absolute atomic E-state index is 11.8. The molecule has 1 aromatic heterocycles. The number of nitrogens with two attached hydrogens (primary N) is 1. The van der Waals surface area contributed by atoms with Gasteiger partial charge < -0.3 is 15.5 Å². The fourth-order valence-electron chi connectivity index (χ4n) is 3.43. The number of aromatic nitrogens is 2. The molecule has 1 saturated carbocycles. The van der Waals surface area contributed by atoms with Crippen LogP contribution >= 0.6 is 0 Å². The standard InChI is InChI=1S/C15H21N5O/c1-9-13(16)17-14(10-2-3-10)18-15(9)19-6-7-20-11(8-19)4-5-12(20)21/h10-11H,2-8H2,1H3,(H2,16,17,18). The molecule has 21 heavy (non-hydrogen) atoms. The van der Waals surface area contributed by atoms with Crippen molar-refractivity contribution in [2.45, 2.75) is 44.6 Å². The molecule has 6 nitrogen and oxygen atoms in total. The normalized spacial score (nSPS) is 25.4. The van der Waals surface area contributed by atoms with Crippen molar-refractivity contribution in [2.24, 2.45) is 0 Å². The minimum atomic E-state index is 0.303. The average molecular weight is 287 g/mol. The summed E-state index contributed by atoms with van der Waals surface area (Å²) in [5, 5.41) is 0. The van der Waals surface area contributed by atoms with Crippen LogP contribution in [0, 0.1) is 6.92 Å². The van der Waals surface area contributed by atoms with E-state index in [0.717, 1.165) is 43.3 Å². The van der Waals surface area contributed by atoms with Gasteiger partial charge in [0, 0.05) is 43.6 Å². The Labute approximate surface area is 124 Å². The van der Waals surface area contributed by atoms with E-state index in [4.69, 9.17) is 10.7 Å². The Morgan fingerprint density at radius 2 is 2.00 bits per heavy atom. The van der Waals surface area contributed by atoms with Crippen LogP contribution in [0.25, 0.3) is 0 Å². The number of hydrogen-bond acceptors (Lipinski definition) is 5. The molecule has 2 saturated heterocycles. The molecule has 0 aromatic carbocycles. The van der Waals surface area contributed by atoms with Crippen molar-refractivity contribution in [3.63, 3.8) is 0 Å². The minimum Gasteiger partial charge on any atom is -0.383 e. The van der Waals surface area contributed by atoms with E-state index in [2.05, 4.69) is 9.88 Å². The molecule has 1 amide bonds. The minimum absolute atomic E-state index is 0.303. The van der Waals surface area contributed by atoms with Crippen LogP contribution in [0.15, 0.2) is 0 Å². The highest BCUT2D eigenvalue weighted by atomic mass is 16.2. The summed E-state index contributed by atoms with van der Waals surface area (Å²) in [5.74, 6) is 3.28. The van der Waals surface area contributed by atoms with E-state index in [1.54, 1.807) is 0 Å². The monoisotopic (exact) mass is 287 g/mol. The van der Waals surface area contributed by atoms with Gasteiger partial charge in [-0.1, -0.05) is 0 Å². The number of fused-ring (bicyclic) bond motifs is 1. The molecule has 1 aromatic rings. The van der Waals surface area contributed by atoms with E-state index in [9.17, 15) is 4.79 Å². The van der Waals surface area contributed by atoms with E-state index >= 15 is 0 Å². The highest BCUT2D eigenvalue weighted by Crippen LogP contribution is 2.40. The number of amides is 1. The molecule has 3 heterocycles. The predicted octanol–water partition coefficient (Wildman–Crippen LogP) is 1.06. The summed E-state index contributed by atoms with van der Waals surface area (Å²) >= 11 is 0. The van der Waals surface area contributed by atoms with Crippen molar-refractivity contribution < 1.29 is 4.79 Å². The second-order valence-corrected chi connectivity index (χ2v) is 6.42. The van der Waals surface area contributed by atoms with Crippen LogP contribution in [0.1, 0.15) is 43.0 Å². The van der Waals surface area contributed by atoms with Crippen molar-refractivity contribution in [1.29, 1.82) is 0 Å². The lowest BCUT2D eigenvalue weighted by Gasteiger charge is -2.38. The van der Waals surface area contributed by atoms with E-state index in [1.807, 2.05) is 11.8 Å². The molecule has 2 N–H and O–H groups in total. The van der Waals surface area contributed by atoms with E-state index in [1.165, 1.54) is 12.8 Å². The zero-order valence-corrected chi connectivity index (χ0v) is 12.4. The lowest BCUT2D eigenvalue weighted by Crippen LogP contribution is -2.52. The third-order valence-electron chi connectivity index (χ3n) is 4.91. The lowest BCUT2D eigenvalue weighted by atomic mass is 10.1. The third kappa shape index (κ3) is 2.13. The topological polar surface area (TPSA) is 75.3 Å². The fraction of sp³-hybridized carbons (Fsp3) is 0.667. The van der Waals surface area contributed by atoms with Crippen molar-refractivity contribution in [3.8, 4) is 0 Å². The van der Waals surface area contributed by atoms with Crippen LogP contribution in [-0.4, -0.2) is 46.5 Å². The number of rotatable bonds is 2. The first-order valence-corrected chi connectivity index (χ1v) is 7.82. The molecule has 4 rings (SSSR count). The summed E-state index contributed by atoms with van der Waals surface area (Å²) in [6.45, 7) is 4.50. The zero-order chi connectivity index (χ0) is 14.6. The molecule has 3 fully saturated rings. The first kappa shape index (κ1) is 12.9. The van der Waals surface area contributed by atoms with Gasteiger partial charge in [0.15, 0.2) is 0 Å². The largest absolute Gasteiger partial charge is 0.383 e. The molecule has 1 unspecified atom stereocenters. The van der Waals surface area contributed by atoms with Crippen LogP contribution in [0.2, 0.25) is 0 Å². The molecule has 2 aliphatic heterocycles. The van der Waals surface area contributed by atoms with Gasteiger partial charge in [0.25, 0.3) is 0 Å². The second kappa shape index (κ2) is 4.58. The number of hydrogen-bond donors (Lipinski definition) is 1. The van der Waals surface area contributed by atoms with Crippen LogP contribution < -0.4 is 10.6 Å². The van der Waals surface area contributed by atoms with Gasteiger partial charge in [0.1, 0.15) is 17.5 Å². The number of carbonyl (C=O) groups is 1. The van der Waals surface area contributed by atoms with Crippen LogP contribution in [-0.2, 0) is 4.79 Å². The fourth-order valence-corrected chi connectivity index (χ4v) is 3.43. The van der Waals surface area contributed by atoms with Crippen molar-refractivity contribution in [1.82, 2.24) is 14.9 Å². The lowest BCUT2D eigenvalue weighted by molar-refractivity contribution is -0.129. The number of carbonyl (C=O) groups excluding carboxylic acids is 1. The van der Waals surface area contributed by atoms with E-state index in [0.29, 0.717) is 30.1 Å². The van der Waals surface area contributed by atoms with Gasteiger partial charge in [-0.15, -0.1) is 0 Å². The third-order valence-corrected chi connectivity index (χ3v) is 4.91. The first-order chi connectivity index (χ1) is 10.1. The Balaban J connectivity index is 1.62. The molecule has 3 aliphatic rings. The number of nitrogens with zero attached hydrogens (tertiary/aromatic N) is 4. The van der Waals surface area contributed by atoms with Crippen molar-refractivity contribution >= 4 is 17.5 Å². The quantitative estimate of drug-likeness (QED) is 0.880. The maximum atomic E-state index is 11.8. The molecule has 1 atom stereocenters. The van der Waals surface area contributed by atoms with Gasteiger partial charge in [-0.25, -0.2) is 9.97 Å². The summed E-state index contributed by atoms with van der Waals surface area (Å²) in [6, 6.07) is 0.339. The number of anilines is 2. The summed E-state index contributed by atoms with van der Waals surface area (Å²) < 4.78 is 0. The van der Waals surface area contributed by atoms with Crippen LogP contribution in [0.4, 0.5) is 11.6 Å². The molecule has 112 valence electrons. The molecule has 0 spiro atoms. The van der Waals surface area contributed by atoms with Gasteiger partial charge >= 0.3 is 0 Å². The van der Waals surface area contributed by atoms with Crippen molar-refractivity contribution in [2.75, 3.05) is 30.3 Å². The van der Waals surface area contributed by atoms with Crippen LogP contribution in [0.3, 0.4) is 0 Å². The van der Waals surface area contributed by atoms with E-state index < -0.39 is 0 Å². The average Bonchev–Trinajstić information content (AvgIpc) is 3.26. The van der Waals surface area contributed by atoms with Gasteiger partial charge in [-0.2, -0.15) is 0 Å². The first-order valence-electron chi connectivity index (χ1n) is 7.82. The molecule has 6 heteroatoms. The summed E-state index contributed by atoms with van der Waals surface area (Å²) in [7, 11) is 0. The molecule has 0 radical (unpaired) electrons. The summed E-state index contributed by atoms with van der Waals surface area (Å²) in [4.78, 5) is 25.3. The summed E-state index contributed by atoms with van der Waals surface area (Å²) in [6.07, 6.45) is 4.00. The Kier molecular flexibility index (Phi) is 2.80. The second-order valence-electron chi connectivity index (χ2n) is 6.42. The SMILES string of the molecule is Cc1c(N)nc(C2CC2)nc1N1CCN2C(=O)CCC2C1. The van der Waals surface area contributed by atoms with Crippen LogP contribution in [0.5, 0.6) is 0 Å². The van der Waals surface area contributed by atoms with Gasteiger partial charge in [0.05, 0.1) is 0 Å². The number of piperazine rings is 1. The van der Waals surface area contributed by atoms with E-state index in [-0.39, 0.29) is 0 Å². The van der Waals surface area contributed by atoms with Crippen molar-refractivity contribution in [3.05, 3.63) is 11.4 Å². The highest BCUT2D eigenvalue weighted by Gasteiger charge is 2.37. The molecule has 0 bridgehead atoms. The zero-order valence-electron chi connectivity index (χ0n) is 12.4. The van der Waals surface area contributed by atoms with Gasteiger partial charge in [-0.3, -0.25) is 4.79 Å². The van der Waals surface area contributed by atoms with Gasteiger partial charge in [0.2, 0.25) is 5.91 Å². The highest BCUT2D eigenvalue weighted by molar-refractivity contribution is 5.79. The molecular weight excluding hydrogens is 266 g/mol. The maximum Gasteiger partial charge on any atom is 0.223 e. The Hall–Kier alpha value is -1.85. The Morgan fingerprint density at radius 1 is 1.19 bits per heavy atom. The van der Waals surface area contributed by atoms with Gasteiger partial charge in [-0.05, 0) is 26.2 Å². The molecule has 1 aliphatic carbocycles. The Morgan fingerprint density at radius 3 is 2.76 bits per heavy atom. The Bertz CT molecular complexity index is 598. The summed E-state index contributed by atoms with van der Waals surface area (Å²) in [5.41, 5.74) is 7.05. The molecular formula is C15H21N5O.